The summed E-state index contributed by atoms with van der Waals surface area (Å²) >= 11 is 6.67. The zero-order valence-electron chi connectivity index (χ0n) is 22.3. The number of halogens is 4. The Kier molecular flexibility index (Phi) is 9.73. The molecule has 1 aliphatic rings. The molecule has 2 aromatic carbocycles. The van der Waals surface area contributed by atoms with Crippen molar-refractivity contribution in [2.24, 2.45) is 0 Å². The van der Waals surface area contributed by atoms with E-state index in [-0.39, 0.29) is 18.4 Å². The summed E-state index contributed by atoms with van der Waals surface area (Å²) in [7, 11) is 0. The van der Waals surface area contributed by atoms with Crippen molar-refractivity contribution in [3.8, 4) is 0 Å². The van der Waals surface area contributed by atoms with E-state index in [2.05, 4.69) is 17.2 Å². The van der Waals surface area contributed by atoms with Crippen molar-refractivity contribution in [1.29, 1.82) is 0 Å². The van der Waals surface area contributed by atoms with Gasteiger partial charge in [-0.25, -0.2) is 4.98 Å². The van der Waals surface area contributed by atoms with Crippen molar-refractivity contribution < 1.29 is 22.8 Å². The number of carbonyl (C=O) groups is 2. The second-order valence-corrected chi connectivity index (χ2v) is 10.4. The van der Waals surface area contributed by atoms with Crippen LogP contribution in [0.4, 0.5) is 24.5 Å². The minimum absolute atomic E-state index is 0.122. The minimum atomic E-state index is -4.38. The largest absolute Gasteiger partial charge is 0.416 e. The van der Waals surface area contributed by atoms with Crippen LogP contribution in [-0.2, 0) is 28.9 Å². The third kappa shape index (κ3) is 7.56. The predicted octanol–water partition coefficient (Wildman–Crippen LogP) is 6.38. The summed E-state index contributed by atoms with van der Waals surface area (Å²) in [5, 5.41) is 3.33. The maximum absolute atomic E-state index is 13.2. The third-order valence-electron chi connectivity index (χ3n) is 7.00. The van der Waals surface area contributed by atoms with Gasteiger partial charge in [-0.2, -0.15) is 13.2 Å². The maximum atomic E-state index is 13.2. The third-order valence-corrected chi connectivity index (χ3v) is 7.30. The molecule has 0 bridgehead atoms. The highest BCUT2D eigenvalue weighted by molar-refractivity contribution is 6.33. The number of alkyl halides is 3. The molecule has 0 saturated carbocycles. The van der Waals surface area contributed by atoms with Gasteiger partial charge in [0.15, 0.2) is 0 Å². The zero-order valence-corrected chi connectivity index (χ0v) is 23.1. The number of nitrogens with one attached hydrogen (secondary N) is 1. The molecule has 1 aliphatic heterocycles. The molecule has 1 saturated heterocycles. The molecule has 1 N–H and O–H groups in total. The van der Waals surface area contributed by atoms with E-state index in [4.69, 9.17) is 11.6 Å². The molecule has 4 rings (SSSR count). The lowest BCUT2D eigenvalue weighted by molar-refractivity contribution is -0.140. The molecule has 0 aliphatic carbocycles. The van der Waals surface area contributed by atoms with Gasteiger partial charge in [0.1, 0.15) is 12.6 Å². The highest BCUT2D eigenvalue weighted by Crippen LogP contribution is 2.32. The summed E-state index contributed by atoms with van der Waals surface area (Å²) in [5.74, 6) is -0.406. The van der Waals surface area contributed by atoms with Crippen LogP contribution in [0.3, 0.4) is 0 Å². The van der Waals surface area contributed by atoms with Crippen molar-refractivity contribution in [1.82, 2.24) is 14.5 Å². The zero-order chi connectivity index (χ0) is 28.7. The molecule has 1 aromatic heterocycles. The van der Waals surface area contributed by atoms with Crippen LogP contribution in [0.2, 0.25) is 5.02 Å². The van der Waals surface area contributed by atoms with Crippen molar-refractivity contribution in [2.45, 2.75) is 64.3 Å². The maximum Gasteiger partial charge on any atom is 0.416 e. The average Bonchev–Trinajstić information content (AvgIpc) is 3.44. The summed E-state index contributed by atoms with van der Waals surface area (Å²) < 4.78 is 40.6. The highest BCUT2D eigenvalue weighted by Gasteiger charge is 2.32. The number of benzene rings is 2. The number of piperidine rings is 1. The lowest BCUT2D eigenvalue weighted by Crippen LogP contribution is -2.50. The molecule has 214 valence electrons. The molecule has 0 radical (unpaired) electrons. The van der Waals surface area contributed by atoms with E-state index >= 15 is 0 Å². The van der Waals surface area contributed by atoms with Gasteiger partial charge in [0.05, 0.1) is 22.6 Å². The van der Waals surface area contributed by atoms with Crippen LogP contribution in [0.1, 0.15) is 50.2 Å². The normalized spacial score (nSPS) is 15.6. The van der Waals surface area contributed by atoms with Crippen molar-refractivity contribution in [3.05, 3.63) is 77.3 Å². The monoisotopic (exact) mass is 575 g/mol. The topological polar surface area (TPSA) is 70.5 Å². The smallest absolute Gasteiger partial charge is 0.366 e. The number of rotatable bonds is 10. The van der Waals surface area contributed by atoms with Crippen LogP contribution in [0.15, 0.2) is 61.2 Å². The van der Waals surface area contributed by atoms with Gasteiger partial charge in [0.2, 0.25) is 11.8 Å². The van der Waals surface area contributed by atoms with E-state index in [0.717, 1.165) is 49.1 Å². The van der Waals surface area contributed by atoms with E-state index < -0.39 is 17.8 Å². The number of imidazole rings is 1. The number of anilines is 2. The minimum Gasteiger partial charge on any atom is -0.366 e. The first-order valence-corrected chi connectivity index (χ1v) is 13.8. The second kappa shape index (κ2) is 13.2. The van der Waals surface area contributed by atoms with Crippen LogP contribution in [0, 0.1) is 0 Å². The van der Waals surface area contributed by atoms with E-state index in [1.165, 1.54) is 12.1 Å². The Labute approximate surface area is 236 Å². The molecule has 7 nitrogen and oxygen atoms in total. The number of aromatic nitrogens is 2. The van der Waals surface area contributed by atoms with Gasteiger partial charge in [0, 0.05) is 37.7 Å². The van der Waals surface area contributed by atoms with Crippen molar-refractivity contribution >= 4 is 34.8 Å². The van der Waals surface area contributed by atoms with Crippen LogP contribution >= 0.6 is 11.6 Å². The van der Waals surface area contributed by atoms with Gasteiger partial charge >= 0.3 is 6.18 Å². The molecule has 1 atom stereocenters. The molecule has 40 heavy (non-hydrogen) atoms. The number of unbranched alkanes of at least 4 members (excludes halogenated alkanes) is 1. The number of likely N-dealkylation sites (tertiary alicyclic amines) is 1. The highest BCUT2D eigenvalue weighted by atomic mass is 35.5. The Morgan fingerprint density at radius 3 is 2.58 bits per heavy atom. The number of nitrogens with zero attached hydrogens (tertiary/aromatic N) is 4. The number of amides is 2. The fraction of sp³-hybridized carbons (Fsp3) is 0.414. The predicted molar refractivity (Wildman–Crippen MR) is 149 cm³/mol. The van der Waals surface area contributed by atoms with Crippen LogP contribution in [-0.4, -0.2) is 45.4 Å². The Bertz CT molecular complexity index is 1280. The van der Waals surface area contributed by atoms with Gasteiger partial charge < -0.3 is 19.7 Å². The molecule has 2 amide bonds. The quantitative estimate of drug-likeness (QED) is 0.304. The first kappa shape index (κ1) is 29.5. The molecule has 0 unspecified atom stereocenters. The van der Waals surface area contributed by atoms with Crippen LogP contribution in [0.5, 0.6) is 0 Å². The standard InChI is InChI=1S/C29H33ClF3N5O2/c1-2-3-14-37(18-21-7-9-22(10-8-21)29(31,32)33)25-12-11-23(17-24(25)30)35-28(40)26-6-4-5-15-38(26)27(39)19-36-16-13-34-20-36/h7-13,16-17,20,26H,2-6,14-15,18-19H2,1H3,(H,35,40)/t26-/m1/s1. The van der Waals surface area contributed by atoms with Crippen LogP contribution < -0.4 is 10.2 Å². The summed E-state index contributed by atoms with van der Waals surface area (Å²) in [6, 6.07) is 9.78. The Morgan fingerprint density at radius 1 is 1.15 bits per heavy atom. The first-order valence-electron chi connectivity index (χ1n) is 13.4. The number of carbonyl (C=O) groups excluding carboxylic acids is 2. The molecule has 11 heteroatoms. The number of hydrogen-bond acceptors (Lipinski definition) is 4. The Hall–Kier alpha value is -3.53. The summed E-state index contributed by atoms with van der Waals surface area (Å²) in [4.78, 5) is 33.8. The van der Waals surface area contributed by atoms with Crippen molar-refractivity contribution in [3.63, 3.8) is 0 Å². The van der Waals surface area contributed by atoms with Gasteiger partial charge in [-0.1, -0.05) is 37.1 Å². The van der Waals surface area contributed by atoms with E-state index in [0.29, 0.717) is 36.8 Å². The molecular weight excluding hydrogens is 543 g/mol. The van der Waals surface area contributed by atoms with Gasteiger partial charge in [0.25, 0.3) is 0 Å². The second-order valence-electron chi connectivity index (χ2n) is 9.96. The van der Waals surface area contributed by atoms with Gasteiger partial charge in [-0.3, -0.25) is 9.59 Å². The molecule has 3 aromatic rings. The Morgan fingerprint density at radius 2 is 1.93 bits per heavy atom. The van der Waals surface area contributed by atoms with E-state index in [1.807, 2.05) is 4.90 Å². The molecule has 0 spiro atoms. The summed E-state index contributed by atoms with van der Waals surface area (Å²) in [6.07, 6.45) is 4.58. The van der Waals surface area contributed by atoms with Crippen LogP contribution in [0.25, 0.3) is 0 Å². The lowest BCUT2D eigenvalue weighted by atomic mass is 10.0. The Balaban J connectivity index is 1.45. The molecule has 2 heterocycles. The fourth-order valence-corrected chi connectivity index (χ4v) is 5.15. The molecule has 1 fully saturated rings. The summed E-state index contributed by atoms with van der Waals surface area (Å²) in [6.45, 7) is 3.75. The van der Waals surface area contributed by atoms with Crippen molar-refractivity contribution in [2.75, 3.05) is 23.3 Å². The van der Waals surface area contributed by atoms with E-state index in [1.54, 1.807) is 46.4 Å². The number of hydrogen-bond donors (Lipinski definition) is 1. The van der Waals surface area contributed by atoms with E-state index in [9.17, 15) is 22.8 Å². The fourth-order valence-electron chi connectivity index (χ4n) is 4.85. The van der Waals surface area contributed by atoms with Gasteiger partial charge in [-0.15, -0.1) is 0 Å². The molecular formula is C29H33ClF3N5O2. The average molecular weight is 576 g/mol. The summed E-state index contributed by atoms with van der Waals surface area (Å²) in [5.41, 5.74) is 1.28. The van der Waals surface area contributed by atoms with Gasteiger partial charge in [-0.05, 0) is 61.6 Å². The SMILES string of the molecule is CCCCN(Cc1ccc(C(F)(F)F)cc1)c1ccc(NC(=O)[C@H]2CCCCN2C(=O)Cn2ccnc2)cc1Cl. The first-order chi connectivity index (χ1) is 19.2. The lowest BCUT2D eigenvalue weighted by Gasteiger charge is -2.35.